The van der Waals surface area contributed by atoms with Gasteiger partial charge in [0.05, 0.1) is 21.3 Å². The van der Waals surface area contributed by atoms with Gasteiger partial charge in [-0.1, -0.05) is 0 Å². The number of carbonyl (C=O) groups excluding carboxylic acids is 1. The highest BCUT2D eigenvalue weighted by molar-refractivity contribution is 5.75. The predicted octanol–water partition coefficient (Wildman–Crippen LogP) is 1.45. The third-order valence-corrected chi connectivity index (χ3v) is 3.07. The van der Waals surface area contributed by atoms with Crippen LogP contribution in [0.4, 0.5) is 0 Å². The van der Waals surface area contributed by atoms with E-state index in [1.54, 1.807) is 14.2 Å². The standard InChI is InChI=1S/C14H21NO4/c1-9-7-10(17-2)8-13(18-3)11(9)5-6-12(15)14(16)19-4/h7-8,12H,5-6,15H2,1-4H3. The molecule has 1 atom stereocenters. The first-order valence-corrected chi connectivity index (χ1v) is 6.08. The number of hydrogen-bond donors (Lipinski definition) is 1. The normalized spacial score (nSPS) is 11.8. The maximum absolute atomic E-state index is 11.3. The molecule has 0 spiro atoms. The monoisotopic (exact) mass is 267 g/mol. The van der Waals surface area contributed by atoms with Gasteiger partial charge in [0.1, 0.15) is 17.5 Å². The number of methoxy groups -OCH3 is 3. The van der Waals surface area contributed by atoms with Crippen LogP contribution in [-0.2, 0) is 16.0 Å². The van der Waals surface area contributed by atoms with E-state index in [-0.39, 0.29) is 0 Å². The van der Waals surface area contributed by atoms with Crippen LogP contribution in [0.3, 0.4) is 0 Å². The zero-order valence-corrected chi connectivity index (χ0v) is 11.9. The Labute approximate surface area is 113 Å². The van der Waals surface area contributed by atoms with E-state index < -0.39 is 12.0 Å². The molecule has 0 bridgehead atoms. The number of ether oxygens (including phenoxy) is 3. The lowest BCUT2D eigenvalue weighted by Gasteiger charge is -2.15. The quantitative estimate of drug-likeness (QED) is 0.790. The highest BCUT2D eigenvalue weighted by Gasteiger charge is 2.16. The van der Waals surface area contributed by atoms with Crippen LogP contribution >= 0.6 is 0 Å². The van der Waals surface area contributed by atoms with Gasteiger partial charge >= 0.3 is 5.97 Å². The van der Waals surface area contributed by atoms with Gasteiger partial charge in [-0.2, -0.15) is 0 Å². The molecule has 0 saturated heterocycles. The summed E-state index contributed by atoms with van der Waals surface area (Å²) < 4.78 is 15.2. The van der Waals surface area contributed by atoms with Crippen molar-refractivity contribution in [2.75, 3.05) is 21.3 Å². The highest BCUT2D eigenvalue weighted by Crippen LogP contribution is 2.29. The van der Waals surface area contributed by atoms with Crippen molar-refractivity contribution in [1.82, 2.24) is 0 Å². The Morgan fingerprint density at radius 3 is 2.47 bits per heavy atom. The van der Waals surface area contributed by atoms with Gasteiger partial charge in [-0.05, 0) is 37.0 Å². The van der Waals surface area contributed by atoms with Gasteiger partial charge in [-0.25, -0.2) is 0 Å². The molecule has 0 aliphatic carbocycles. The van der Waals surface area contributed by atoms with E-state index in [9.17, 15) is 4.79 Å². The summed E-state index contributed by atoms with van der Waals surface area (Å²) in [5.41, 5.74) is 7.81. The van der Waals surface area contributed by atoms with E-state index in [0.29, 0.717) is 12.8 Å². The van der Waals surface area contributed by atoms with Crippen molar-refractivity contribution in [1.29, 1.82) is 0 Å². The Morgan fingerprint density at radius 2 is 1.95 bits per heavy atom. The molecule has 1 unspecified atom stereocenters. The molecule has 0 aliphatic heterocycles. The van der Waals surface area contributed by atoms with Crippen LogP contribution in [0.5, 0.6) is 11.5 Å². The SMILES string of the molecule is COC(=O)C(N)CCc1c(C)cc(OC)cc1OC. The lowest BCUT2D eigenvalue weighted by molar-refractivity contribution is -0.142. The Hall–Kier alpha value is -1.75. The topological polar surface area (TPSA) is 70.8 Å². The molecule has 5 heteroatoms. The van der Waals surface area contributed by atoms with E-state index in [1.807, 2.05) is 19.1 Å². The minimum Gasteiger partial charge on any atom is -0.497 e. The second-order valence-corrected chi connectivity index (χ2v) is 4.29. The molecule has 106 valence electrons. The summed E-state index contributed by atoms with van der Waals surface area (Å²) in [5, 5.41) is 0. The molecule has 0 radical (unpaired) electrons. The summed E-state index contributed by atoms with van der Waals surface area (Å²) >= 11 is 0. The molecule has 5 nitrogen and oxygen atoms in total. The van der Waals surface area contributed by atoms with Crippen LogP contribution < -0.4 is 15.2 Å². The van der Waals surface area contributed by atoms with Crippen LogP contribution in [0.25, 0.3) is 0 Å². The van der Waals surface area contributed by atoms with Crippen molar-refractivity contribution < 1.29 is 19.0 Å². The Morgan fingerprint density at radius 1 is 1.26 bits per heavy atom. The number of esters is 1. The number of carbonyl (C=O) groups is 1. The lowest BCUT2D eigenvalue weighted by atomic mass is 9.99. The van der Waals surface area contributed by atoms with Gasteiger partial charge in [0, 0.05) is 6.07 Å². The van der Waals surface area contributed by atoms with E-state index in [4.69, 9.17) is 15.2 Å². The maximum Gasteiger partial charge on any atom is 0.322 e. The third kappa shape index (κ3) is 3.86. The van der Waals surface area contributed by atoms with E-state index in [1.165, 1.54) is 7.11 Å². The molecule has 1 rings (SSSR count). The lowest BCUT2D eigenvalue weighted by Crippen LogP contribution is -2.32. The fourth-order valence-corrected chi connectivity index (χ4v) is 1.94. The molecule has 0 aliphatic rings. The first-order chi connectivity index (χ1) is 9.03. The van der Waals surface area contributed by atoms with Gasteiger partial charge in [-0.3, -0.25) is 4.79 Å². The second kappa shape index (κ2) is 6.99. The van der Waals surface area contributed by atoms with E-state index in [0.717, 1.165) is 22.6 Å². The van der Waals surface area contributed by atoms with Crippen LogP contribution in [0.1, 0.15) is 17.5 Å². The average molecular weight is 267 g/mol. The minimum absolute atomic E-state index is 0.398. The third-order valence-electron chi connectivity index (χ3n) is 3.07. The molecule has 19 heavy (non-hydrogen) atoms. The molecule has 0 fully saturated rings. The summed E-state index contributed by atoms with van der Waals surface area (Å²) in [4.78, 5) is 11.3. The second-order valence-electron chi connectivity index (χ2n) is 4.29. The summed E-state index contributed by atoms with van der Waals surface area (Å²) in [5.74, 6) is 1.09. The largest absolute Gasteiger partial charge is 0.497 e. The first-order valence-electron chi connectivity index (χ1n) is 6.08. The Kier molecular flexibility index (Phi) is 5.63. The Bertz CT molecular complexity index is 445. The molecule has 0 amide bonds. The van der Waals surface area contributed by atoms with Crippen LogP contribution in [0, 0.1) is 6.92 Å². The molecular formula is C14H21NO4. The van der Waals surface area contributed by atoms with Gasteiger partial charge in [0.15, 0.2) is 0 Å². The number of nitrogens with two attached hydrogens (primary N) is 1. The van der Waals surface area contributed by atoms with E-state index >= 15 is 0 Å². The summed E-state index contributed by atoms with van der Waals surface area (Å²) in [7, 11) is 4.56. The molecule has 0 heterocycles. The van der Waals surface area contributed by atoms with Crippen LogP contribution in [0.2, 0.25) is 0 Å². The van der Waals surface area contributed by atoms with Crippen molar-refractivity contribution in [3.8, 4) is 11.5 Å². The van der Waals surface area contributed by atoms with Crippen molar-refractivity contribution in [3.63, 3.8) is 0 Å². The molecule has 1 aromatic carbocycles. The molecule has 0 saturated carbocycles. The average Bonchev–Trinajstić information content (AvgIpc) is 2.43. The van der Waals surface area contributed by atoms with Gasteiger partial charge in [-0.15, -0.1) is 0 Å². The summed E-state index contributed by atoms with van der Waals surface area (Å²) in [6, 6.07) is 3.14. The number of rotatable bonds is 6. The predicted molar refractivity (Wildman–Crippen MR) is 72.6 cm³/mol. The molecular weight excluding hydrogens is 246 g/mol. The maximum atomic E-state index is 11.3. The van der Waals surface area contributed by atoms with Crippen molar-refractivity contribution in [2.24, 2.45) is 5.73 Å². The van der Waals surface area contributed by atoms with Crippen LogP contribution in [-0.4, -0.2) is 33.3 Å². The number of benzene rings is 1. The molecule has 1 aromatic rings. The van der Waals surface area contributed by atoms with Crippen molar-refractivity contribution in [3.05, 3.63) is 23.3 Å². The fraction of sp³-hybridized carbons (Fsp3) is 0.500. The fourth-order valence-electron chi connectivity index (χ4n) is 1.94. The minimum atomic E-state index is -0.615. The zero-order chi connectivity index (χ0) is 14.4. The smallest absolute Gasteiger partial charge is 0.322 e. The van der Waals surface area contributed by atoms with Gasteiger partial charge in [0.25, 0.3) is 0 Å². The van der Waals surface area contributed by atoms with Crippen LogP contribution in [0.15, 0.2) is 12.1 Å². The number of hydrogen-bond acceptors (Lipinski definition) is 5. The van der Waals surface area contributed by atoms with Crippen molar-refractivity contribution >= 4 is 5.97 Å². The highest BCUT2D eigenvalue weighted by atomic mass is 16.5. The molecule has 2 N–H and O–H groups in total. The number of aryl methyl sites for hydroxylation is 1. The summed E-state index contributed by atoms with van der Waals surface area (Å²) in [6.07, 6.45) is 1.16. The van der Waals surface area contributed by atoms with Crippen molar-refractivity contribution in [2.45, 2.75) is 25.8 Å². The molecule has 0 aromatic heterocycles. The van der Waals surface area contributed by atoms with Gasteiger partial charge in [0.2, 0.25) is 0 Å². The van der Waals surface area contributed by atoms with E-state index in [2.05, 4.69) is 4.74 Å². The Balaban J connectivity index is 2.86. The zero-order valence-electron chi connectivity index (χ0n) is 11.9. The van der Waals surface area contributed by atoms with Gasteiger partial charge < -0.3 is 19.9 Å². The first kappa shape index (κ1) is 15.3. The summed E-state index contributed by atoms with van der Waals surface area (Å²) in [6.45, 7) is 1.98.